The molecule has 0 saturated carbocycles. The maximum Gasteiger partial charge on any atom is 0.314 e. The van der Waals surface area contributed by atoms with Crippen molar-refractivity contribution in [2.45, 2.75) is 46.3 Å². The Hall–Kier alpha value is -1.63. The third-order valence-corrected chi connectivity index (χ3v) is 3.42. The second-order valence-corrected chi connectivity index (χ2v) is 4.88. The van der Waals surface area contributed by atoms with Crippen LogP contribution in [0.15, 0.2) is 6.33 Å². The highest BCUT2D eigenvalue weighted by atomic mass is 16.3. The predicted molar refractivity (Wildman–Crippen MR) is 76.3 cm³/mol. The molecule has 1 rings (SSSR count). The van der Waals surface area contributed by atoms with Crippen molar-refractivity contribution in [2.24, 2.45) is 5.92 Å². The van der Waals surface area contributed by atoms with E-state index in [1.54, 1.807) is 6.33 Å². The summed E-state index contributed by atoms with van der Waals surface area (Å²) in [6.07, 6.45) is 2.85. The van der Waals surface area contributed by atoms with Gasteiger partial charge < -0.3 is 20.3 Å². The first kappa shape index (κ1) is 16.4. The lowest BCUT2D eigenvalue weighted by molar-refractivity contribution is 0.114. The van der Waals surface area contributed by atoms with Crippen molar-refractivity contribution in [2.75, 3.05) is 13.1 Å². The number of aryl methyl sites for hydroxylation is 1. The van der Waals surface area contributed by atoms with Crippen molar-refractivity contribution in [1.82, 2.24) is 25.4 Å². The van der Waals surface area contributed by atoms with E-state index in [1.807, 2.05) is 25.3 Å². The van der Waals surface area contributed by atoms with Gasteiger partial charge in [0.05, 0.1) is 6.10 Å². The molecule has 20 heavy (non-hydrogen) atoms. The minimum atomic E-state index is -0.504. The zero-order valence-electron chi connectivity index (χ0n) is 12.5. The third kappa shape index (κ3) is 5.16. The van der Waals surface area contributed by atoms with Crippen LogP contribution in [0.3, 0.4) is 0 Å². The molecular weight excluding hydrogens is 258 g/mol. The SMILES string of the molecule is CCc1nncn1CCNC(=O)NCC(O)C(C)CC. The minimum absolute atomic E-state index is 0.180. The number of aliphatic hydroxyl groups excluding tert-OH is 1. The molecule has 0 aromatic carbocycles. The van der Waals surface area contributed by atoms with E-state index in [2.05, 4.69) is 20.8 Å². The summed E-state index contributed by atoms with van der Waals surface area (Å²) >= 11 is 0. The van der Waals surface area contributed by atoms with Crippen molar-refractivity contribution >= 4 is 6.03 Å². The molecule has 0 radical (unpaired) electrons. The number of hydrogen-bond donors (Lipinski definition) is 3. The van der Waals surface area contributed by atoms with Gasteiger partial charge in [0.15, 0.2) is 0 Å². The van der Waals surface area contributed by atoms with Crippen LogP contribution in [0.4, 0.5) is 4.79 Å². The van der Waals surface area contributed by atoms with Gasteiger partial charge in [-0.3, -0.25) is 0 Å². The van der Waals surface area contributed by atoms with Crippen LogP contribution < -0.4 is 10.6 Å². The lowest BCUT2D eigenvalue weighted by atomic mass is 10.0. The topological polar surface area (TPSA) is 92.1 Å². The number of aliphatic hydroxyl groups is 1. The second kappa shape index (κ2) is 8.52. The lowest BCUT2D eigenvalue weighted by Crippen LogP contribution is -2.42. The molecule has 0 aliphatic rings. The summed E-state index contributed by atoms with van der Waals surface area (Å²) in [4.78, 5) is 11.6. The Labute approximate surface area is 119 Å². The molecule has 3 N–H and O–H groups in total. The summed E-state index contributed by atoms with van der Waals surface area (Å²) in [7, 11) is 0. The van der Waals surface area contributed by atoms with Crippen molar-refractivity contribution in [1.29, 1.82) is 0 Å². The third-order valence-electron chi connectivity index (χ3n) is 3.42. The molecule has 0 aliphatic heterocycles. The van der Waals surface area contributed by atoms with Gasteiger partial charge in [0, 0.05) is 26.1 Å². The predicted octanol–water partition coefficient (Wildman–Crippen LogP) is 0.547. The normalized spacial score (nSPS) is 13.8. The number of urea groups is 1. The van der Waals surface area contributed by atoms with Crippen LogP contribution >= 0.6 is 0 Å². The Morgan fingerprint density at radius 2 is 2.20 bits per heavy atom. The Kier molecular flexibility index (Phi) is 7.00. The summed E-state index contributed by atoms with van der Waals surface area (Å²) in [6, 6.07) is -0.265. The number of carbonyl (C=O) groups excluding carboxylic acids is 1. The molecule has 7 heteroatoms. The van der Waals surface area contributed by atoms with Crippen molar-refractivity contribution in [3.05, 3.63) is 12.2 Å². The monoisotopic (exact) mass is 283 g/mol. The first-order valence-electron chi connectivity index (χ1n) is 7.14. The fourth-order valence-corrected chi connectivity index (χ4v) is 1.76. The van der Waals surface area contributed by atoms with Gasteiger partial charge in [-0.1, -0.05) is 27.2 Å². The molecule has 1 heterocycles. The highest BCUT2D eigenvalue weighted by molar-refractivity contribution is 5.73. The molecule has 0 fully saturated rings. The van der Waals surface area contributed by atoms with Gasteiger partial charge in [0.1, 0.15) is 12.2 Å². The molecule has 7 nitrogen and oxygen atoms in total. The van der Waals surface area contributed by atoms with Gasteiger partial charge in [0.25, 0.3) is 0 Å². The molecule has 0 bridgehead atoms. The summed E-state index contributed by atoms with van der Waals surface area (Å²) < 4.78 is 1.91. The molecule has 2 unspecified atom stereocenters. The molecule has 1 aromatic rings. The van der Waals surface area contributed by atoms with E-state index in [0.717, 1.165) is 18.7 Å². The molecule has 0 saturated heterocycles. The van der Waals surface area contributed by atoms with Crippen LogP contribution in [-0.2, 0) is 13.0 Å². The molecule has 114 valence electrons. The fraction of sp³-hybridized carbons (Fsp3) is 0.769. The number of nitrogens with one attached hydrogen (secondary N) is 2. The largest absolute Gasteiger partial charge is 0.391 e. The summed E-state index contributed by atoms with van der Waals surface area (Å²) in [5.41, 5.74) is 0. The van der Waals surface area contributed by atoms with Crippen LogP contribution in [-0.4, -0.2) is 45.1 Å². The average Bonchev–Trinajstić information content (AvgIpc) is 2.91. The highest BCUT2D eigenvalue weighted by Crippen LogP contribution is 2.05. The first-order valence-corrected chi connectivity index (χ1v) is 7.14. The van der Waals surface area contributed by atoms with Crippen molar-refractivity contribution < 1.29 is 9.90 Å². The molecule has 2 amide bonds. The Morgan fingerprint density at radius 3 is 2.85 bits per heavy atom. The van der Waals surface area contributed by atoms with Crippen molar-refractivity contribution in [3.63, 3.8) is 0 Å². The first-order chi connectivity index (χ1) is 9.58. The number of nitrogens with zero attached hydrogens (tertiary/aromatic N) is 3. The van der Waals surface area contributed by atoms with E-state index in [9.17, 15) is 9.90 Å². The number of amides is 2. The molecule has 0 aliphatic carbocycles. The van der Waals surface area contributed by atoms with Gasteiger partial charge in [-0.05, 0) is 5.92 Å². The molecular formula is C13H25N5O2. The van der Waals surface area contributed by atoms with Crippen LogP contribution in [0.5, 0.6) is 0 Å². The average molecular weight is 283 g/mol. The van der Waals surface area contributed by atoms with Crippen molar-refractivity contribution in [3.8, 4) is 0 Å². The number of hydrogen-bond acceptors (Lipinski definition) is 4. The van der Waals surface area contributed by atoms with Crippen LogP contribution in [0.1, 0.15) is 33.0 Å². The maximum absolute atomic E-state index is 11.6. The molecule has 2 atom stereocenters. The summed E-state index contributed by atoms with van der Waals surface area (Å²) in [5.74, 6) is 1.08. The van der Waals surface area contributed by atoms with Crippen LogP contribution in [0.25, 0.3) is 0 Å². The van der Waals surface area contributed by atoms with Gasteiger partial charge in [-0.15, -0.1) is 10.2 Å². The summed E-state index contributed by atoms with van der Waals surface area (Å²) in [6.45, 7) is 7.39. The van der Waals surface area contributed by atoms with Crippen LogP contribution in [0.2, 0.25) is 0 Å². The number of aromatic nitrogens is 3. The standard InChI is InChI=1S/C13H25N5O2/c1-4-10(3)11(19)8-15-13(20)14-6-7-18-9-16-17-12(18)5-2/h9-11,19H,4-8H2,1-3H3,(H2,14,15,20). The van der Waals surface area contributed by atoms with E-state index >= 15 is 0 Å². The Balaban J connectivity index is 2.20. The van der Waals surface area contributed by atoms with E-state index in [-0.39, 0.29) is 18.5 Å². The van der Waals surface area contributed by atoms with E-state index in [1.165, 1.54) is 0 Å². The number of rotatable bonds is 8. The quantitative estimate of drug-likeness (QED) is 0.649. The van der Waals surface area contributed by atoms with E-state index in [4.69, 9.17) is 0 Å². The zero-order chi connectivity index (χ0) is 15.0. The summed E-state index contributed by atoms with van der Waals surface area (Å²) in [5, 5.41) is 23.0. The Morgan fingerprint density at radius 1 is 1.45 bits per heavy atom. The van der Waals surface area contributed by atoms with Gasteiger partial charge >= 0.3 is 6.03 Å². The van der Waals surface area contributed by atoms with Gasteiger partial charge in [0.2, 0.25) is 0 Å². The number of carbonyl (C=O) groups is 1. The Bertz CT molecular complexity index is 407. The van der Waals surface area contributed by atoms with Gasteiger partial charge in [-0.25, -0.2) is 4.79 Å². The minimum Gasteiger partial charge on any atom is -0.391 e. The maximum atomic E-state index is 11.6. The van der Waals surface area contributed by atoms with Crippen LogP contribution in [0, 0.1) is 5.92 Å². The second-order valence-electron chi connectivity index (χ2n) is 4.88. The zero-order valence-corrected chi connectivity index (χ0v) is 12.5. The fourth-order valence-electron chi connectivity index (χ4n) is 1.76. The smallest absolute Gasteiger partial charge is 0.314 e. The van der Waals surface area contributed by atoms with Gasteiger partial charge in [-0.2, -0.15) is 0 Å². The molecule has 1 aromatic heterocycles. The molecule has 0 spiro atoms. The van der Waals surface area contributed by atoms with E-state index in [0.29, 0.717) is 13.1 Å². The lowest BCUT2D eigenvalue weighted by Gasteiger charge is -2.17. The highest BCUT2D eigenvalue weighted by Gasteiger charge is 2.13. The van der Waals surface area contributed by atoms with E-state index < -0.39 is 6.10 Å².